The number of imidazole rings is 1. The highest BCUT2D eigenvalue weighted by molar-refractivity contribution is 4.93. The third kappa shape index (κ3) is 2.69. The second-order valence-corrected chi connectivity index (χ2v) is 2.59. The topological polar surface area (TPSA) is 66.7 Å². The molecule has 1 rings (SSSR count). The summed E-state index contributed by atoms with van der Waals surface area (Å²) in [7, 11) is 0. The Bertz CT molecular complexity index is 182. The summed E-state index contributed by atoms with van der Waals surface area (Å²) in [6, 6.07) is 0.360. The first kappa shape index (κ1) is 8.23. The van der Waals surface area contributed by atoms with Crippen molar-refractivity contribution in [3.63, 3.8) is 0 Å². The van der Waals surface area contributed by atoms with Crippen molar-refractivity contribution in [2.75, 3.05) is 6.54 Å². The van der Waals surface area contributed by atoms with Crippen LogP contribution in [0.1, 0.15) is 12.6 Å². The normalized spacial score (nSPS) is 13.3. The van der Waals surface area contributed by atoms with Crippen LogP contribution in [0.25, 0.3) is 0 Å². The van der Waals surface area contributed by atoms with E-state index in [9.17, 15) is 0 Å². The monoisotopic (exact) mass is 154 g/mol. The minimum absolute atomic E-state index is 0.360. The Kier molecular flexibility index (Phi) is 3.07. The van der Waals surface area contributed by atoms with Crippen LogP contribution in [-0.4, -0.2) is 22.6 Å². The van der Waals surface area contributed by atoms with Crippen LogP contribution in [0.5, 0.6) is 0 Å². The van der Waals surface area contributed by atoms with Crippen LogP contribution in [0, 0.1) is 0 Å². The van der Waals surface area contributed by atoms with E-state index in [-0.39, 0.29) is 0 Å². The molecule has 0 bridgehead atoms. The van der Waals surface area contributed by atoms with Gasteiger partial charge in [-0.2, -0.15) is 0 Å². The molecule has 0 saturated carbocycles. The number of rotatable bonds is 4. The molecule has 0 aliphatic heterocycles. The summed E-state index contributed by atoms with van der Waals surface area (Å²) in [4.78, 5) is 6.90. The van der Waals surface area contributed by atoms with E-state index in [1.54, 1.807) is 12.5 Å². The predicted molar refractivity (Wildman–Crippen MR) is 43.9 cm³/mol. The first-order valence-corrected chi connectivity index (χ1v) is 3.73. The molecule has 11 heavy (non-hydrogen) atoms. The van der Waals surface area contributed by atoms with E-state index in [0.29, 0.717) is 12.6 Å². The highest BCUT2D eigenvalue weighted by atomic mass is 15.0. The number of nitrogens with one attached hydrogen (secondary N) is 2. The van der Waals surface area contributed by atoms with E-state index >= 15 is 0 Å². The number of aromatic nitrogens is 2. The molecule has 0 amide bonds. The summed E-state index contributed by atoms with van der Waals surface area (Å²) in [5.41, 5.74) is 6.51. The molecular formula is C7H14N4. The van der Waals surface area contributed by atoms with Gasteiger partial charge in [0.05, 0.1) is 6.33 Å². The Morgan fingerprint density at radius 3 is 3.18 bits per heavy atom. The first-order valence-electron chi connectivity index (χ1n) is 3.73. The van der Waals surface area contributed by atoms with E-state index < -0.39 is 0 Å². The van der Waals surface area contributed by atoms with E-state index in [4.69, 9.17) is 5.73 Å². The Balaban J connectivity index is 2.23. The predicted octanol–water partition coefficient (Wildman–Crippen LogP) is -0.153. The maximum absolute atomic E-state index is 5.42. The lowest BCUT2D eigenvalue weighted by atomic mass is 10.3. The average Bonchev–Trinajstić information content (AvgIpc) is 2.52. The fourth-order valence-electron chi connectivity index (χ4n) is 0.749. The minimum Gasteiger partial charge on any atom is -0.347 e. The largest absolute Gasteiger partial charge is 0.347 e. The van der Waals surface area contributed by atoms with Crippen molar-refractivity contribution >= 4 is 0 Å². The van der Waals surface area contributed by atoms with Crippen LogP contribution in [0.4, 0.5) is 0 Å². The van der Waals surface area contributed by atoms with Crippen molar-refractivity contribution in [1.82, 2.24) is 15.3 Å². The fourth-order valence-corrected chi connectivity index (χ4v) is 0.749. The van der Waals surface area contributed by atoms with E-state index in [2.05, 4.69) is 22.2 Å². The molecule has 0 aromatic carbocycles. The molecule has 0 fully saturated rings. The highest BCUT2D eigenvalue weighted by Crippen LogP contribution is 1.89. The molecule has 0 spiro atoms. The Labute approximate surface area is 66.2 Å². The molecule has 0 saturated heterocycles. The number of hydrogen-bond acceptors (Lipinski definition) is 3. The lowest BCUT2D eigenvalue weighted by molar-refractivity contribution is 0.551. The number of H-pyrrole nitrogens is 1. The maximum atomic E-state index is 5.42. The van der Waals surface area contributed by atoms with Gasteiger partial charge in [-0.15, -0.1) is 0 Å². The number of aromatic amines is 1. The van der Waals surface area contributed by atoms with Crippen molar-refractivity contribution < 1.29 is 0 Å². The van der Waals surface area contributed by atoms with Crippen molar-refractivity contribution in [3.05, 3.63) is 18.2 Å². The third-order valence-corrected chi connectivity index (χ3v) is 1.55. The Morgan fingerprint density at radius 1 is 1.82 bits per heavy atom. The van der Waals surface area contributed by atoms with E-state index in [1.165, 1.54) is 0 Å². The van der Waals surface area contributed by atoms with Gasteiger partial charge in [0.15, 0.2) is 0 Å². The molecular weight excluding hydrogens is 140 g/mol. The minimum atomic E-state index is 0.360. The zero-order valence-electron chi connectivity index (χ0n) is 6.67. The molecule has 4 N–H and O–H groups in total. The second-order valence-electron chi connectivity index (χ2n) is 2.59. The zero-order valence-corrected chi connectivity index (χ0v) is 6.67. The quantitative estimate of drug-likeness (QED) is 0.565. The van der Waals surface area contributed by atoms with Gasteiger partial charge in [-0.25, -0.2) is 4.98 Å². The number of nitrogens with two attached hydrogens (primary N) is 1. The summed E-state index contributed by atoms with van der Waals surface area (Å²) in [5, 5.41) is 3.24. The molecule has 1 aromatic heterocycles. The van der Waals surface area contributed by atoms with E-state index in [0.717, 1.165) is 12.2 Å². The standard InChI is InChI=1S/C7H14N4/c1-6(2-8)10-4-7-3-9-5-11-7/h3,5-6,10H,2,4,8H2,1H3,(H,9,11). The molecule has 0 aliphatic rings. The van der Waals surface area contributed by atoms with Gasteiger partial charge in [-0.1, -0.05) is 0 Å². The smallest absolute Gasteiger partial charge is 0.0922 e. The van der Waals surface area contributed by atoms with E-state index in [1.807, 2.05) is 0 Å². The molecule has 1 aromatic rings. The van der Waals surface area contributed by atoms with Crippen LogP contribution in [-0.2, 0) is 6.54 Å². The van der Waals surface area contributed by atoms with Gasteiger partial charge < -0.3 is 16.0 Å². The van der Waals surface area contributed by atoms with Crippen LogP contribution in [0.3, 0.4) is 0 Å². The van der Waals surface area contributed by atoms with Crippen molar-refractivity contribution in [2.24, 2.45) is 5.73 Å². The van der Waals surface area contributed by atoms with Gasteiger partial charge in [-0.3, -0.25) is 0 Å². The molecule has 0 aliphatic carbocycles. The van der Waals surface area contributed by atoms with Gasteiger partial charge in [0.25, 0.3) is 0 Å². The van der Waals surface area contributed by atoms with Crippen molar-refractivity contribution in [2.45, 2.75) is 19.5 Å². The summed E-state index contributed by atoms with van der Waals surface area (Å²) in [6.45, 7) is 3.52. The van der Waals surface area contributed by atoms with Crippen LogP contribution in [0.15, 0.2) is 12.5 Å². The summed E-state index contributed by atoms with van der Waals surface area (Å²) in [5.74, 6) is 0. The number of nitrogens with zero attached hydrogens (tertiary/aromatic N) is 1. The Morgan fingerprint density at radius 2 is 2.64 bits per heavy atom. The number of hydrogen-bond donors (Lipinski definition) is 3. The Hall–Kier alpha value is -0.870. The summed E-state index contributed by atoms with van der Waals surface area (Å²) in [6.07, 6.45) is 3.47. The van der Waals surface area contributed by atoms with Gasteiger partial charge in [0.2, 0.25) is 0 Å². The van der Waals surface area contributed by atoms with Gasteiger partial charge in [0, 0.05) is 31.0 Å². The first-order chi connectivity index (χ1) is 5.33. The average molecular weight is 154 g/mol. The lowest BCUT2D eigenvalue weighted by Gasteiger charge is -2.08. The summed E-state index contributed by atoms with van der Waals surface area (Å²) < 4.78 is 0. The van der Waals surface area contributed by atoms with Crippen LogP contribution >= 0.6 is 0 Å². The zero-order chi connectivity index (χ0) is 8.10. The summed E-state index contributed by atoms with van der Waals surface area (Å²) >= 11 is 0. The van der Waals surface area contributed by atoms with Crippen LogP contribution in [0.2, 0.25) is 0 Å². The van der Waals surface area contributed by atoms with Gasteiger partial charge >= 0.3 is 0 Å². The van der Waals surface area contributed by atoms with Crippen molar-refractivity contribution in [3.8, 4) is 0 Å². The van der Waals surface area contributed by atoms with Crippen molar-refractivity contribution in [1.29, 1.82) is 0 Å². The molecule has 1 atom stereocenters. The molecule has 4 nitrogen and oxygen atoms in total. The SMILES string of the molecule is CC(CN)NCc1cnc[nH]1. The highest BCUT2D eigenvalue weighted by Gasteiger charge is 1.97. The molecule has 62 valence electrons. The molecule has 0 radical (unpaired) electrons. The maximum Gasteiger partial charge on any atom is 0.0922 e. The fraction of sp³-hybridized carbons (Fsp3) is 0.571. The van der Waals surface area contributed by atoms with Crippen LogP contribution < -0.4 is 11.1 Å². The molecule has 1 heterocycles. The lowest BCUT2D eigenvalue weighted by Crippen LogP contribution is -2.32. The molecule has 1 unspecified atom stereocenters. The second kappa shape index (κ2) is 4.10. The van der Waals surface area contributed by atoms with Gasteiger partial charge in [-0.05, 0) is 6.92 Å². The third-order valence-electron chi connectivity index (χ3n) is 1.55. The van der Waals surface area contributed by atoms with Gasteiger partial charge in [0.1, 0.15) is 0 Å². The molecule has 4 heteroatoms.